The van der Waals surface area contributed by atoms with Gasteiger partial charge in [-0.3, -0.25) is 0 Å². The first-order chi connectivity index (χ1) is 7.56. The average molecular weight is 220 g/mol. The highest BCUT2D eigenvalue weighted by Gasteiger charge is 2.07. The van der Waals surface area contributed by atoms with Crippen molar-refractivity contribution in [1.82, 2.24) is 15.1 Å². The van der Waals surface area contributed by atoms with E-state index in [0.717, 1.165) is 28.6 Å². The van der Waals surface area contributed by atoms with Crippen molar-refractivity contribution < 1.29 is 4.48 Å². The molecule has 1 N–H and O–H groups in total. The van der Waals surface area contributed by atoms with E-state index >= 15 is 0 Å². The molecule has 0 saturated carbocycles. The summed E-state index contributed by atoms with van der Waals surface area (Å²) in [5.74, 6) is 0. The van der Waals surface area contributed by atoms with Crippen LogP contribution in [0.25, 0.3) is 11.0 Å². The number of fused-ring (bicyclic) bond motifs is 1. The second-order valence-electron chi connectivity index (χ2n) is 4.91. The first-order valence-corrected chi connectivity index (χ1v) is 5.41. The predicted octanol–water partition coefficient (Wildman–Crippen LogP) is 0.681. The Kier molecular flexibility index (Phi) is 2.78. The van der Waals surface area contributed by atoms with Crippen LogP contribution in [0, 0.1) is 0 Å². The SMILES string of the molecule is C[N+](C)(C)CCNn1nnc2ccccc21. The van der Waals surface area contributed by atoms with Crippen LogP contribution in [0.4, 0.5) is 0 Å². The minimum absolute atomic E-state index is 0.872. The van der Waals surface area contributed by atoms with Crippen LogP contribution in [0.5, 0.6) is 0 Å². The largest absolute Gasteiger partial charge is 0.329 e. The fourth-order valence-corrected chi connectivity index (χ4v) is 1.48. The zero-order chi connectivity index (χ0) is 11.6. The van der Waals surface area contributed by atoms with Crippen LogP contribution in [0.15, 0.2) is 24.3 Å². The fourth-order valence-electron chi connectivity index (χ4n) is 1.48. The van der Waals surface area contributed by atoms with E-state index in [4.69, 9.17) is 0 Å². The molecule has 1 aromatic heterocycles. The van der Waals surface area contributed by atoms with Gasteiger partial charge in [-0.2, -0.15) is 4.79 Å². The summed E-state index contributed by atoms with van der Waals surface area (Å²) in [6.07, 6.45) is 0. The molecule has 0 amide bonds. The van der Waals surface area contributed by atoms with E-state index in [1.165, 1.54) is 0 Å². The van der Waals surface area contributed by atoms with Gasteiger partial charge < -0.3 is 9.91 Å². The number of hydrogen-bond acceptors (Lipinski definition) is 3. The molecular weight excluding hydrogens is 202 g/mol. The predicted molar refractivity (Wildman–Crippen MR) is 64.7 cm³/mol. The van der Waals surface area contributed by atoms with Gasteiger partial charge in [0.2, 0.25) is 0 Å². The van der Waals surface area contributed by atoms with Crippen LogP contribution < -0.4 is 5.43 Å². The molecule has 0 aliphatic rings. The lowest BCUT2D eigenvalue weighted by Gasteiger charge is -2.23. The zero-order valence-corrected chi connectivity index (χ0v) is 10.0. The third-order valence-electron chi connectivity index (χ3n) is 2.40. The third-order valence-corrected chi connectivity index (χ3v) is 2.40. The molecule has 5 heteroatoms. The number of para-hydroxylation sites is 1. The quantitative estimate of drug-likeness (QED) is 0.771. The minimum atomic E-state index is 0.872. The molecule has 0 radical (unpaired) electrons. The van der Waals surface area contributed by atoms with E-state index in [1.54, 1.807) is 4.79 Å². The molecule has 86 valence electrons. The summed E-state index contributed by atoms with van der Waals surface area (Å²) in [6.45, 7) is 1.91. The van der Waals surface area contributed by atoms with Crippen molar-refractivity contribution in [3.05, 3.63) is 24.3 Å². The number of benzene rings is 1. The van der Waals surface area contributed by atoms with Crippen molar-refractivity contribution in [2.75, 3.05) is 39.7 Å². The Morgan fingerprint density at radius 3 is 2.75 bits per heavy atom. The molecule has 1 heterocycles. The van der Waals surface area contributed by atoms with Gasteiger partial charge in [-0.15, -0.1) is 5.10 Å². The van der Waals surface area contributed by atoms with E-state index in [1.807, 2.05) is 24.3 Å². The van der Waals surface area contributed by atoms with E-state index in [0.29, 0.717) is 0 Å². The van der Waals surface area contributed by atoms with Crippen molar-refractivity contribution >= 4 is 11.0 Å². The molecular formula is C11H18N5+. The first-order valence-electron chi connectivity index (χ1n) is 5.41. The molecule has 0 aliphatic carbocycles. The molecule has 0 atom stereocenters. The molecule has 2 aromatic rings. The first kappa shape index (κ1) is 10.9. The maximum atomic E-state index is 4.08. The van der Waals surface area contributed by atoms with Crippen molar-refractivity contribution in [2.24, 2.45) is 0 Å². The molecule has 0 bridgehead atoms. The van der Waals surface area contributed by atoms with E-state index in [2.05, 4.69) is 36.9 Å². The molecule has 0 saturated heterocycles. The number of quaternary nitrogens is 1. The fraction of sp³-hybridized carbons (Fsp3) is 0.455. The van der Waals surface area contributed by atoms with Crippen LogP contribution in [0.3, 0.4) is 0 Å². The van der Waals surface area contributed by atoms with Crippen LogP contribution >= 0.6 is 0 Å². The molecule has 16 heavy (non-hydrogen) atoms. The highest BCUT2D eigenvalue weighted by molar-refractivity contribution is 5.73. The molecule has 0 spiro atoms. The molecule has 0 unspecified atom stereocenters. The molecule has 0 fully saturated rings. The molecule has 2 rings (SSSR count). The number of nitrogens with one attached hydrogen (secondary N) is 1. The average Bonchev–Trinajstić information content (AvgIpc) is 2.60. The summed E-state index contributed by atoms with van der Waals surface area (Å²) in [5.41, 5.74) is 5.19. The second-order valence-corrected chi connectivity index (χ2v) is 4.91. The summed E-state index contributed by atoms with van der Waals surface area (Å²) in [4.78, 5) is 1.74. The smallest absolute Gasteiger partial charge is 0.115 e. The Balaban J connectivity index is 2.05. The lowest BCUT2D eigenvalue weighted by atomic mass is 10.3. The Morgan fingerprint density at radius 1 is 1.25 bits per heavy atom. The van der Waals surface area contributed by atoms with Crippen LogP contribution in [-0.4, -0.2) is 53.8 Å². The van der Waals surface area contributed by atoms with Gasteiger partial charge in [0.25, 0.3) is 0 Å². The maximum absolute atomic E-state index is 4.08. The number of aromatic nitrogens is 3. The summed E-state index contributed by atoms with van der Waals surface area (Å²) in [7, 11) is 6.50. The van der Waals surface area contributed by atoms with Crippen molar-refractivity contribution in [3.8, 4) is 0 Å². The van der Waals surface area contributed by atoms with Gasteiger partial charge in [-0.25, -0.2) is 0 Å². The van der Waals surface area contributed by atoms with Gasteiger partial charge in [-0.1, -0.05) is 12.1 Å². The van der Waals surface area contributed by atoms with Gasteiger partial charge in [0.15, 0.2) is 0 Å². The number of likely N-dealkylation sites (N-methyl/N-ethyl adjacent to an activating group) is 1. The normalized spacial score (nSPS) is 11.9. The second kappa shape index (κ2) is 4.09. The summed E-state index contributed by atoms with van der Waals surface area (Å²) in [6, 6.07) is 7.92. The lowest BCUT2D eigenvalue weighted by molar-refractivity contribution is -0.868. The molecule has 5 nitrogen and oxygen atoms in total. The van der Waals surface area contributed by atoms with E-state index in [9.17, 15) is 0 Å². The Hall–Kier alpha value is -1.62. The number of nitrogens with zero attached hydrogens (tertiary/aromatic N) is 4. The van der Waals surface area contributed by atoms with Gasteiger partial charge in [0.1, 0.15) is 11.0 Å². The summed E-state index contributed by atoms with van der Waals surface area (Å²) >= 11 is 0. The Labute approximate surface area is 95.2 Å². The van der Waals surface area contributed by atoms with E-state index < -0.39 is 0 Å². The van der Waals surface area contributed by atoms with Gasteiger partial charge >= 0.3 is 0 Å². The maximum Gasteiger partial charge on any atom is 0.115 e. The van der Waals surface area contributed by atoms with Crippen LogP contribution in [-0.2, 0) is 0 Å². The Morgan fingerprint density at radius 2 is 2.00 bits per heavy atom. The highest BCUT2D eigenvalue weighted by atomic mass is 15.6. The number of rotatable bonds is 4. The topological polar surface area (TPSA) is 42.7 Å². The Bertz CT molecular complexity index is 468. The van der Waals surface area contributed by atoms with Crippen molar-refractivity contribution in [2.45, 2.75) is 0 Å². The van der Waals surface area contributed by atoms with E-state index in [-0.39, 0.29) is 0 Å². The van der Waals surface area contributed by atoms with Crippen LogP contribution in [0.1, 0.15) is 0 Å². The van der Waals surface area contributed by atoms with Crippen LogP contribution in [0.2, 0.25) is 0 Å². The minimum Gasteiger partial charge on any atom is -0.329 e. The monoisotopic (exact) mass is 220 g/mol. The summed E-state index contributed by atoms with van der Waals surface area (Å²) < 4.78 is 0.930. The van der Waals surface area contributed by atoms with Crippen molar-refractivity contribution in [1.29, 1.82) is 0 Å². The molecule has 1 aromatic carbocycles. The zero-order valence-electron chi connectivity index (χ0n) is 10.0. The summed E-state index contributed by atoms with van der Waals surface area (Å²) in [5, 5.41) is 8.14. The lowest BCUT2D eigenvalue weighted by Crippen LogP contribution is -2.40. The van der Waals surface area contributed by atoms with Gasteiger partial charge in [-0.05, 0) is 17.3 Å². The van der Waals surface area contributed by atoms with Gasteiger partial charge in [0, 0.05) is 0 Å². The third kappa shape index (κ3) is 2.49. The van der Waals surface area contributed by atoms with Crippen molar-refractivity contribution in [3.63, 3.8) is 0 Å². The molecule has 0 aliphatic heterocycles. The highest BCUT2D eigenvalue weighted by Crippen LogP contribution is 2.07. The van der Waals surface area contributed by atoms with Gasteiger partial charge in [0.05, 0.1) is 34.2 Å². The number of hydrogen-bond donors (Lipinski definition) is 1. The standard InChI is InChI=1S/C11H18N5/c1-16(2,3)9-8-12-15-11-7-5-4-6-10(11)13-14-15/h4-7,12H,8-9H2,1-3H3/q+1.